The van der Waals surface area contributed by atoms with Gasteiger partial charge in [-0.25, -0.2) is 4.98 Å². The van der Waals surface area contributed by atoms with Crippen LogP contribution in [0.4, 0.5) is 11.4 Å². The normalized spacial score (nSPS) is 16.1. The van der Waals surface area contributed by atoms with Gasteiger partial charge in [0.05, 0.1) is 4.92 Å². The molecule has 0 amide bonds. The summed E-state index contributed by atoms with van der Waals surface area (Å²) >= 11 is 0. The molecule has 5 heteroatoms. The second kappa shape index (κ2) is 4.74. The highest BCUT2D eigenvalue weighted by Gasteiger charge is 2.40. The molecule has 1 fully saturated rings. The minimum absolute atomic E-state index is 0.0581. The van der Waals surface area contributed by atoms with Gasteiger partial charge in [0.2, 0.25) is 0 Å². The van der Waals surface area contributed by atoms with Gasteiger partial charge in [0.15, 0.2) is 0 Å². The van der Waals surface area contributed by atoms with Gasteiger partial charge >= 0.3 is 0 Å². The molecule has 0 spiro atoms. The summed E-state index contributed by atoms with van der Waals surface area (Å²) in [6.45, 7) is 3.13. The van der Waals surface area contributed by atoms with Crippen molar-refractivity contribution in [3.8, 4) is 0 Å². The van der Waals surface area contributed by atoms with Gasteiger partial charge in [-0.05, 0) is 42.9 Å². The number of hydrogen-bond acceptors (Lipinski definition) is 4. The quantitative estimate of drug-likeness (QED) is 0.664. The lowest BCUT2D eigenvalue weighted by molar-refractivity contribution is -0.383. The highest BCUT2D eigenvalue weighted by molar-refractivity contribution is 5.96. The summed E-state index contributed by atoms with van der Waals surface area (Å²) < 4.78 is 0. The maximum atomic E-state index is 11.0. The molecule has 0 saturated heterocycles. The molecule has 1 aromatic heterocycles. The standard InChI is InChI=1S/C15H17N3O2/c1-2-15(7-8-15)10-17-12-5-6-13(18(19)20)14-11(12)4-3-9-16-14/h3-6,9,17H,2,7-8,10H2,1H3. The first kappa shape index (κ1) is 12.8. The Morgan fingerprint density at radius 1 is 1.40 bits per heavy atom. The van der Waals surface area contributed by atoms with Crippen molar-refractivity contribution in [2.24, 2.45) is 5.41 Å². The maximum Gasteiger partial charge on any atom is 0.295 e. The Balaban J connectivity index is 1.96. The molecule has 0 radical (unpaired) electrons. The zero-order valence-corrected chi connectivity index (χ0v) is 11.4. The lowest BCUT2D eigenvalue weighted by Gasteiger charge is -2.15. The number of nitrogens with one attached hydrogen (secondary N) is 1. The third-order valence-electron chi connectivity index (χ3n) is 4.31. The number of benzene rings is 1. The van der Waals surface area contributed by atoms with Gasteiger partial charge in [-0.2, -0.15) is 0 Å². The number of rotatable bonds is 5. The molecule has 1 aliphatic carbocycles. The van der Waals surface area contributed by atoms with E-state index in [1.54, 1.807) is 12.3 Å². The molecule has 1 aliphatic rings. The smallest absolute Gasteiger partial charge is 0.295 e. The molecule has 0 aliphatic heterocycles. The summed E-state index contributed by atoms with van der Waals surface area (Å²) in [5.41, 5.74) is 1.86. The van der Waals surface area contributed by atoms with Crippen molar-refractivity contribution in [2.75, 3.05) is 11.9 Å². The van der Waals surface area contributed by atoms with Crippen LogP contribution >= 0.6 is 0 Å². The highest BCUT2D eigenvalue weighted by atomic mass is 16.6. The highest BCUT2D eigenvalue weighted by Crippen LogP contribution is 2.48. The van der Waals surface area contributed by atoms with Crippen molar-refractivity contribution in [2.45, 2.75) is 26.2 Å². The molecular formula is C15H17N3O2. The third kappa shape index (κ3) is 2.19. The fourth-order valence-corrected chi connectivity index (χ4v) is 2.57. The van der Waals surface area contributed by atoms with Crippen LogP contribution in [0, 0.1) is 15.5 Å². The SMILES string of the molecule is CCC1(CNc2ccc([N+](=O)[O-])c3ncccc23)CC1. The predicted octanol–water partition coefficient (Wildman–Crippen LogP) is 3.75. The number of hydrogen-bond donors (Lipinski definition) is 1. The Hall–Kier alpha value is -2.17. The zero-order valence-electron chi connectivity index (χ0n) is 11.4. The molecule has 0 atom stereocenters. The summed E-state index contributed by atoms with van der Waals surface area (Å²) in [4.78, 5) is 14.8. The molecular weight excluding hydrogens is 254 g/mol. The van der Waals surface area contributed by atoms with Gasteiger partial charge in [0, 0.05) is 29.9 Å². The molecule has 1 aromatic carbocycles. The lowest BCUT2D eigenvalue weighted by atomic mass is 10.0. The predicted molar refractivity (Wildman–Crippen MR) is 78.8 cm³/mol. The first-order valence-corrected chi connectivity index (χ1v) is 6.91. The van der Waals surface area contributed by atoms with Crippen LogP contribution in [0.1, 0.15) is 26.2 Å². The van der Waals surface area contributed by atoms with Gasteiger partial charge in [0.25, 0.3) is 5.69 Å². The van der Waals surface area contributed by atoms with Crippen molar-refractivity contribution < 1.29 is 4.92 Å². The van der Waals surface area contributed by atoms with E-state index in [0.29, 0.717) is 10.9 Å². The number of nitro benzene ring substituents is 1. The largest absolute Gasteiger partial charge is 0.384 e. The van der Waals surface area contributed by atoms with E-state index in [1.807, 2.05) is 12.1 Å². The maximum absolute atomic E-state index is 11.0. The zero-order chi connectivity index (χ0) is 14.2. The Morgan fingerprint density at radius 2 is 2.20 bits per heavy atom. The molecule has 3 rings (SSSR count). The second-order valence-corrected chi connectivity index (χ2v) is 5.50. The first-order chi connectivity index (χ1) is 9.65. The average molecular weight is 271 g/mol. The number of nitro groups is 1. The molecule has 1 heterocycles. The van der Waals surface area contributed by atoms with Crippen LogP contribution in [0.25, 0.3) is 10.9 Å². The van der Waals surface area contributed by atoms with Gasteiger partial charge in [-0.15, -0.1) is 0 Å². The average Bonchev–Trinajstić information content (AvgIpc) is 3.25. The fourth-order valence-electron chi connectivity index (χ4n) is 2.57. The Labute approximate surface area is 117 Å². The summed E-state index contributed by atoms with van der Waals surface area (Å²) in [6, 6.07) is 7.00. The molecule has 1 saturated carbocycles. The van der Waals surface area contributed by atoms with E-state index < -0.39 is 0 Å². The third-order valence-corrected chi connectivity index (χ3v) is 4.31. The fraction of sp³-hybridized carbons (Fsp3) is 0.400. The van der Waals surface area contributed by atoms with E-state index in [4.69, 9.17) is 0 Å². The van der Waals surface area contributed by atoms with Crippen LogP contribution in [0.3, 0.4) is 0 Å². The minimum Gasteiger partial charge on any atom is -0.384 e. The monoisotopic (exact) mass is 271 g/mol. The first-order valence-electron chi connectivity index (χ1n) is 6.91. The lowest BCUT2D eigenvalue weighted by Crippen LogP contribution is -2.14. The Kier molecular flexibility index (Phi) is 3.04. The van der Waals surface area contributed by atoms with E-state index in [2.05, 4.69) is 17.2 Å². The van der Waals surface area contributed by atoms with E-state index in [0.717, 1.165) is 17.6 Å². The number of non-ortho nitro benzene ring substituents is 1. The van der Waals surface area contributed by atoms with Crippen LogP contribution < -0.4 is 5.32 Å². The summed E-state index contributed by atoms with van der Waals surface area (Å²) in [5, 5.41) is 15.3. The number of anilines is 1. The van der Waals surface area contributed by atoms with Crippen molar-refractivity contribution in [3.05, 3.63) is 40.6 Å². The van der Waals surface area contributed by atoms with Crippen molar-refractivity contribution in [3.63, 3.8) is 0 Å². The molecule has 2 aromatic rings. The van der Waals surface area contributed by atoms with Crippen molar-refractivity contribution in [1.29, 1.82) is 0 Å². The molecule has 104 valence electrons. The van der Waals surface area contributed by atoms with Gasteiger partial charge < -0.3 is 5.32 Å². The molecule has 1 N–H and O–H groups in total. The van der Waals surface area contributed by atoms with Crippen LogP contribution in [0.15, 0.2) is 30.5 Å². The van der Waals surface area contributed by atoms with Crippen molar-refractivity contribution in [1.82, 2.24) is 4.98 Å². The van der Waals surface area contributed by atoms with E-state index in [1.165, 1.54) is 25.3 Å². The second-order valence-electron chi connectivity index (χ2n) is 5.50. The molecule has 0 unspecified atom stereocenters. The van der Waals surface area contributed by atoms with E-state index in [-0.39, 0.29) is 10.6 Å². The summed E-state index contributed by atoms with van der Waals surface area (Å²) in [7, 11) is 0. The molecule has 0 bridgehead atoms. The number of aromatic nitrogens is 1. The minimum atomic E-state index is -0.381. The summed E-state index contributed by atoms with van der Waals surface area (Å²) in [6.07, 6.45) is 5.29. The van der Waals surface area contributed by atoms with Crippen LogP contribution in [-0.2, 0) is 0 Å². The van der Waals surface area contributed by atoms with Gasteiger partial charge in [-0.1, -0.05) is 6.92 Å². The summed E-state index contributed by atoms with van der Waals surface area (Å²) in [5.74, 6) is 0. The van der Waals surface area contributed by atoms with E-state index in [9.17, 15) is 10.1 Å². The van der Waals surface area contributed by atoms with Gasteiger partial charge in [0.1, 0.15) is 5.52 Å². The number of fused-ring (bicyclic) bond motifs is 1. The molecule has 20 heavy (non-hydrogen) atoms. The van der Waals surface area contributed by atoms with E-state index >= 15 is 0 Å². The Morgan fingerprint density at radius 3 is 2.85 bits per heavy atom. The van der Waals surface area contributed by atoms with Crippen LogP contribution in [0.2, 0.25) is 0 Å². The number of nitrogens with zero attached hydrogens (tertiary/aromatic N) is 2. The number of pyridine rings is 1. The molecule has 5 nitrogen and oxygen atoms in total. The van der Waals surface area contributed by atoms with Crippen LogP contribution in [-0.4, -0.2) is 16.5 Å². The van der Waals surface area contributed by atoms with Crippen LogP contribution in [0.5, 0.6) is 0 Å². The van der Waals surface area contributed by atoms with Gasteiger partial charge in [-0.3, -0.25) is 10.1 Å². The Bertz CT molecular complexity index is 665. The van der Waals surface area contributed by atoms with Crippen molar-refractivity contribution >= 4 is 22.3 Å². The topological polar surface area (TPSA) is 68.1 Å².